The van der Waals surface area contributed by atoms with Crippen molar-refractivity contribution in [2.45, 2.75) is 6.42 Å². The highest BCUT2D eigenvalue weighted by Crippen LogP contribution is 2.25. The van der Waals surface area contributed by atoms with Crippen molar-refractivity contribution in [3.8, 4) is 0 Å². The summed E-state index contributed by atoms with van der Waals surface area (Å²) in [5.41, 5.74) is 2.47. The molecule has 2 aromatic rings. The van der Waals surface area contributed by atoms with E-state index in [1.807, 2.05) is 23.9 Å². The van der Waals surface area contributed by atoms with Gasteiger partial charge in [0.25, 0.3) is 5.91 Å². The molecule has 1 aromatic heterocycles. The molecule has 134 valence electrons. The first-order chi connectivity index (χ1) is 12.0. The maximum absolute atomic E-state index is 12.4. The number of benzene rings is 1. The highest BCUT2D eigenvalue weighted by molar-refractivity contribution is 7.99. The number of halogens is 2. The molecule has 3 rings (SSSR count). The Morgan fingerprint density at radius 2 is 1.88 bits per heavy atom. The number of rotatable bonds is 5. The molecule has 7 heteroatoms. The Hall–Kier alpha value is -1.14. The zero-order chi connectivity index (χ0) is 17.8. The van der Waals surface area contributed by atoms with E-state index in [0.29, 0.717) is 15.9 Å². The summed E-state index contributed by atoms with van der Waals surface area (Å²) in [7, 11) is 1.71. The monoisotopic (exact) mass is 397 g/mol. The molecule has 1 aliphatic rings. The van der Waals surface area contributed by atoms with Gasteiger partial charge in [0.2, 0.25) is 0 Å². The van der Waals surface area contributed by atoms with Crippen molar-refractivity contribution in [3.05, 3.63) is 51.8 Å². The van der Waals surface area contributed by atoms with E-state index in [1.165, 1.54) is 30.2 Å². The molecule has 1 saturated heterocycles. The molecule has 0 aliphatic carbocycles. The number of aromatic nitrogens is 1. The molecule has 4 nitrogen and oxygen atoms in total. The summed E-state index contributed by atoms with van der Waals surface area (Å²) in [6.07, 6.45) is 1.03. The summed E-state index contributed by atoms with van der Waals surface area (Å²) in [5.74, 6) is 2.24. The first-order valence-corrected chi connectivity index (χ1v) is 10.2. The lowest BCUT2D eigenvalue weighted by molar-refractivity contribution is 0.101. The van der Waals surface area contributed by atoms with Crippen LogP contribution in [-0.2, 0) is 13.5 Å². The first kappa shape index (κ1) is 18.6. The molecule has 0 bridgehead atoms. The Morgan fingerprint density at radius 3 is 2.48 bits per heavy atom. The van der Waals surface area contributed by atoms with E-state index in [4.69, 9.17) is 23.2 Å². The topological polar surface area (TPSA) is 37.3 Å². The van der Waals surface area contributed by atoms with Crippen LogP contribution in [0.2, 0.25) is 10.2 Å². The molecule has 0 spiro atoms. The van der Waals surface area contributed by atoms with Gasteiger partial charge in [-0.05, 0) is 30.2 Å². The fourth-order valence-electron chi connectivity index (χ4n) is 2.82. The molecule has 1 amide bonds. The van der Waals surface area contributed by atoms with E-state index in [2.05, 4.69) is 22.3 Å². The second-order valence-electron chi connectivity index (χ2n) is 6.08. The number of amides is 1. The predicted molar refractivity (Wildman–Crippen MR) is 107 cm³/mol. The largest absolute Gasteiger partial charge is 0.329 e. The minimum absolute atomic E-state index is 0.227. The molecular formula is C18H21Cl2N3OS. The number of nitrogens with one attached hydrogen (secondary N) is 1. The fraction of sp³-hybridized carbons (Fsp3) is 0.389. The van der Waals surface area contributed by atoms with Crippen LogP contribution in [0.4, 0.5) is 5.69 Å². The number of carbonyl (C=O) groups is 1. The van der Waals surface area contributed by atoms with E-state index in [1.54, 1.807) is 17.7 Å². The third-order valence-electron chi connectivity index (χ3n) is 4.38. The van der Waals surface area contributed by atoms with Crippen LogP contribution < -0.4 is 5.32 Å². The van der Waals surface area contributed by atoms with Gasteiger partial charge in [-0.2, -0.15) is 11.8 Å². The zero-order valence-electron chi connectivity index (χ0n) is 14.1. The molecule has 1 fully saturated rings. The Bertz CT molecular complexity index is 740. The molecule has 0 radical (unpaired) electrons. The fourth-order valence-corrected chi connectivity index (χ4v) is 4.18. The van der Waals surface area contributed by atoms with Crippen LogP contribution in [0.15, 0.2) is 30.3 Å². The quantitative estimate of drug-likeness (QED) is 0.821. The van der Waals surface area contributed by atoms with Crippen molar-refractivity contribution in [1.82, 2.24) is 9.47 Å². The lowest BCUT2D eigenvalue weighted by Gasteiger charge is -2.26. The minimum Gasteiger partial charge on any atom is -0.329 e. The van der Waals surface area contributed by atoms with Gasteiger partial charge in [0.05, 0.1) is 5.02 Å². The number of carbonyl (C=O) groups excluding carboxylic acids is 1. The van der Waals surface area contributed by atoms with Crippen molar-refractivity contribution >= 4 is 46.6 Å². The minimum atomic E-state index is -0.227. The summed E-state index contributed by atoms with van der Waals surface area (Å²) in [4.78, 5) is 14.9. The first-order valence-electron chi connectivity index (χ1n) is 8.25. The summed E-state index contributed by atoms with van der Waals surface area (Å²) in [6.45, 7) is 3.45. The van der Waals surface area contributed by atoms with Gasteiger partial charge < -0.3 is 14.8 Å². The lowest BCUT2D eigenvalue weighted by atomic mass is 10.1. The van der Waals surface area contributed by atoms with Gasteiger partial charge in [0.1, 0.15) is 10.8 Å². The standard InChI is InChI=1S/C18H21Cl2N3OS/c1-22-16(12-15(19)17(22)20)18(24)21-14-4-2-13(3-5-14)6-7-23-8-10-25-11-9-23/h2-5,12H,6-11H2,1H3,(H,21,24). The highest BCUT2D eigenvalue weighted by Gasteiger charge is 2.16. The van der Waals surface area contributed by atoms with E-state index < -0.39 is 0 Å². The van der Waals surface area contributed by atoms with Crippen LogP contribution in [0, 0.1) is 0 Å². The van der Waals surface area contributed by atoms with E-state index in [9.17, 15) is 4.79 Å². The third kappa shape index (κ3) is 4.73. The summed E-state index contributed by atoms with van der Waals surface area (Å²) in [5, 5.41) is 3.62. The van der Waals surface area contributed by atoms with Crippen molar-refractivity contribution in [2.75, 3.05) is 36.5 Å². The number of nitrogens with zero attached hydrogens (tertiary/aromatic N) is 2. The van der Waals surface area contributed by atoms with Crippen molar-refractivity contribution in [2.24, 2.45) is 7.05 Å². The van der Waals surface area contributed by atoms with E-state index in [0.717, 1.165) is 18.7 Å². The van der Waals surface area contributed by atoms with Crippen LogP contribution >= 0.6 is 35.0 Å². The summed E-state index contributed by atoms with van der Waals surface area (Å²) in [6, 6.07) is 9.58. The normalized spacial score (nSPS) is 15.3. The highest BCUT2D eigenvalue weighted by atomic mass is 35.5. The molecule has 25 heavy (non-hydrogen) atoms. The average molecular weight is 398 g/mol. The third-order valence-corrected chi connectivity index (χ3v) is 6.17. The SMILES string of the molecule is Cn1c(C(=O)Nc2ccc(CCN3CCSCC3)cc2)cc(Cl)c1Cl. The van der Waals surface area contributed by atoms with E-state index >= 15 is 0 Å². The molecule has 1 aromatic carbocycles. The predicted octanol–water partition coefficient (Wildman–Crippen LogP) is 4.18. The number of anilines is 1. The van der Waals surface area contributed by atoms with Gasteiger partial charge in [0, 0.05) is 43.9 Å². The number of hydrogen-bond acceptors (Lipinski definition) is 3. The van der Waals surface area contributed by atoms with Crippen molar-refractivity contribution < 1.29 is 4.79 Å². The van der Waals surface area contributed by atoms with Gasteiger partial charge in [-0.15, -0.1) is 0 Å². The van der Waals surface area contributed by atoms with Crippen LogP contribution in [0.1, 0.15) is 16.1 Å². The summed E-state index contributed by atoms with van der Waals surface area (Å²) >= 11 is 14.0. The summed E-state index contributed by atoms with van der Waals surface area (Å²) < 4.78 is 1.57. The molecular weight excluding hydrogens is 377 g/mol. The molecule has 0 unspecified atom stereocenters. The van der Waals surface area contributed by atoms with Crippen LogP contribution in [-0.4, -0.2) is 46.5 Å². The van der Waals surface area contributed by atoms with Gasteiger partial charge in [-0.1, -0.05) is 35.3 Å². The average Bonchev–Trinajstić information content (AvgIpc) is 2.89. The lowest BCUT2D eigenvalue weighted by Crippen LogP contribution is -2.34. The Kier molecular flexibility index (Phi) is 6.34. The van der Waals surface area contributed by atoms with Gasteiger partial charge >= 0.3 is 0 Å². The molecule has 1 aliphatic heterocycles. The smallest absolute Gasteiger partial charge is 0.272 e. The Labute approximate surface area is 162 Å². The molecule has 1 N–H and O–H groups in total. The number of hydrogen-bond donors (Lipinski definition) is 1. The second-order valence-corrected chi connectivity index (χ2v) is 8.07. The van der Waals surface area contributed by atoms with Crippen LogP contribution in [0.5, 0.6) is 0 Å². The zero-order valence-corrected chi connectivity index (χ0v) is 16.4. The molecule has 0 atom stereocenters. The van der Waals surface area contributed by atoms with Crippen LogP contribution in [0.3, 0.4) is 0 Å². The Balaban J connectivity index is 1.56. The van der Waals surface area contributed by atoms with Crippen LogP contribution in [0.25, 0.3) is 0 Å². The van der Waals surface area contributed by atoms with Crippen molar-refractivity contribution in [3.63, 3.8) is 0 Å². The van der Waals surface area contributed by atoms with Crippen molar-refractivity contribution in [1.29, 1.82) is 0 Å². The number of thioether (sulfide) groups is 1. The second kappa shape index (κ2) is 8.49. The maximum atomic E-state index is 12.4. The molecule has 2 heterocycles. The maximum Gasteiger partial charge on any atom is 0.272 e. The van der Waals surface area contributed by atoms with Gasteiger partial charge in [-0.25, -0.2) is 0 Å². The Morgan fingerprint density at radius 1 is 1.20 bits per heavy atom. The van der Waals surface area contributed by atoms with Gasteiger partial charge in [-0.3, -0.25) is 4.79 Å². The molecule has 0 saturated carbocycles. The van der Waals surface area contributed by atoms with E-state index in [-0.39, 0.29) is 5.91 Å². The van der Waals surface area contributed by atoms with Gasteiger partial charge in [0.15, 0.2) is 0 Å².